The number of nitrogens with one attached hydrogen (secondary N) is 1. The Morgan fingerprint density at radius 2 is 2.04 bits per heavy atom. The molecule has 136 valence electrons. The lowest BCUT2D eigenvalue weighted by Gasteiger charge is -2.17. The second-order valence-electron chi connectivity index (χ2n) is 5.39. The van der Waals surface area contributed by atoms with Crippen LogP contribution in [-0.2, 0) is 14.8 Å². The number of rotatable bonds is 7. The Kier molecular flexibility index (Phi) is 5.50. The number of esters is 1. The molecule has 0 saturated carbocycles. The summed E-state index contributed by atoms with van der Waals surface area (Å²) in [6, 6.07) is 11.0. The van der Waals surface area contributed by atoms with E-state index in [4.69, 9.17) is 0 Å². The molecule has 1 unspecified atom stereocenters. The van der Waals surface area contributed by atoms with E-state index in [9.17, 15) is 13.2 Å². The van der Waals surface area contributed by atoms with Gasteiger partial charge in [0.25, 0.3) is 0 Å². The molecule has 0 aliphatic heterocycles. The van der Waals surface area contributed by atoms with E-state index in [1.54, 1.807) is 23.1 Å². The number of thiophene rings is 1. The molecule has 1 atom stereocenters. The normalized spacial score (nSPS) is 12.7. The number of carbonyl (C=O) groups excluding carboxylic acids is 1. The quantitative estimate of drug-likeness (QED) is 0.624. The summed E-state index contributed by atoms with van der Waals surface area (Å²) >= 11 is 1.54. The van der Waals surface area contributed by atoms with Crippen molar-refractivity contribution in [2.24, 2.45) is 0 Å². The smallest absolute Gasteiger partial charge is 0.337 e. The summed E-state index contributed by atoms with van der Waals surface area (Å²) in [5.41, 5.74) is 0.291. The summed E-state index contributed by atoms with van der Waals surface area (Å²) in [6.07, 6.45) is 3.45. The lowest BCUT2D eigenvalue weighted by molar-refractivity contribution is 0.0600. The van der Waals surface area contributed by atoms with Gasteiger partial charge in [0.1, 0.15) is 0 Å². The van der Waals surface area contributed by atoms with Crippen LogP contribution in [0.5, 0.6) is 0 Å². The van der Waals surface area contributed by atoms with E-state index in [-0.39, 0.29) is 17.5 Å². The van der Waals surface area contributed by atoms with Crippen molar-refractivity contribution >= 4 is 27.3 Å². The molecule has 0 aliphatic carbocycles. The van der Waals surface area contributed by atoms with Crippen molar-refractivity contribution in [3.63, 3.8) is 0 Å². The second kappa shape index (κ2) is 7.81. The van der Waals surface area contributed by atoms with Gasteiger partial charge in [0.2, 0.25) is 10.0 Å². The Bertz CT molecular complexity index is 916. The van der Waals surface area contributed by atoms with Gasteiger partial charge in [0.15, 0.2) is 0 Å². The van der Waals surface area contributed by atoms with Crippen LogP contribution in [-0.4, -0.2) is 37.8 Å². The van der Waals surface area contributed by atoms with Crippen LogP contribution in [0.25, 0.3) is 0 Å². The van der Waals surface area contributed by atoms with Crippen molar-refractivity contribution in [3.05, 3.63) is 70.7 Å². The molecule has 2 aromatic heterocycles. The summed E-state index contributed by atoms with van der Waals surface area (Å²) in [5, 5.41) is 6.16. The first-order valence-electron chi connectivity index (χ1n) is 7.72. The van der Waals surface area contributed by atoms with Crippen molar-refractivity contribution in [2.45, 2.75) is 10.9 Å². The molecule has 2 heterocycles. The first kappa shape index (κ1) is 18.3. The van der Waals surface area contributed by atoms with Gasteiger partial charge in [-0.15, -0.1) is 11.3 Å². The van der Waals surface area contributed by atoms with E-state index < -0.39 is 16.0 Å². The fraction of sp³-hybridized carbons (Fsp3) is 0.176. The monoisotopic (exact) mass is 391 g/mol. The minimum Gasteiger partial charge on any atom is -0.465 e. The molecule has 1 N–H and O–H groups in total. The molecule has 0 spiro atoms. The van der Waals surface area contributed by atoms with Crippen molar-refractivity contribution in [3.8, 4) is 0 Å². The topological polar surface area (TPSA) is 90.3 Å². The molecular formula is C17H17N3O4S2. The first-order valence-corrected chi connectivity index (χ1v) is 10.1. The lowest BCUT2D eigenvalue weighted by Crippen LogP contribution is -2.31. The maximum absolute atomic E-state index is 12.6. The van der Waals surface area contributed by atoms with Crippen LogP contribution in [0.1, 0.15) is 21.3 Å². The SMILES string of the molecule is COC(=O)c1ccc(S(=O)(=O)NCC(c2cccs2)n2cccn2)cc1. The Morgan fingerprint density at radius 1 is 1.27 bits per heavy atom. The fourth-order valence-corrected chi connectivity index (χ4v) is 4.29. The zero-order valence-electron chi connectivity index (χ0n) is 13.9. The molecule has 3 aromatic rings. The minimum absolute atomic E-state index is 0.0792. The van der Waals surface area contributed by atoms with Crippen LogP contribution >= 0.6 is 11.3 Å². The van der Waals surface area contributed by atoms with Gasteiger partial charge in [-0.25, -0.2) is 17.9 Å². The Labute approximate surface area is 155 Å². The number of sulfonamides is 1. The van der Waals surface area contributed by atoms with Gasteiger partial charge in [0, 0.05) is 23.8 Å². The molecular weight excluding hydrogens is 374 g/mol. The largest absolute Gasteiger partial charge is 0.465 e. The van der Waals surface area contributed by atoms with Crippen LogP contribution in [0, 0.1) is 0 Å². The number of nitrogens with zero attached hydrogens (tertiary/aromatic N) is 2. The highest BCUT2D eigenvalue weighted by atomic mass is 32.2. The van der Waals surface area contributed by atoms with Crippen LogP contribution < -0.4 is 4.72 Å². The van der Waals surface area contributed by atoms with Gasteiger partial charge in [-0.1, -0.05) is 6.07 Å². The number of hydrogen-bond acceptors (Lipinski definition) is 6. The van der Waals surface area contributed by atoms with E-state index >= 15 is 0 Å². The standard InChI is InChI=1S/C17H17N3O4S2/c1-24-17(21)13-5-7-14(8-6-13)26(22,23)19-12-15(16-4-2-11-25-16)20-10-3-9-18-20/h2-11,15,19H,12H2,1H3. The molecule has 0 amide bonds. The summed E-state index contributed by atoms with van der Waals surface area (Å²) < 4.78 is 34.1. The number of aromatic nitrogens is 2. The predicted octanol–water partition coefficient (Wildman–Crippen LogP) is 2.30. The first-order chi connectivity index (χ1) is 12.5. The third kappa shape index (κ3) is 4.01. The summed E-state index contributed by atoms with van der Waals surface area (Å²) in [4.78, 5) is 12.5. The highest BCUT2D eigenvalue weighted by molar-refractivity contribution is 7.89. The van der Waals surface area contributed by atoms with Gasteiger partial charge in [0.05, 0.1) is 23.6 Å². The van der Waals surface area contributed by atoms with E-state index in [1.165, 1.54) is 42.7 Å². The van der Waals surface area contributed by atoms with Gasteiger partial charge < -0.3 is 4.74 Å². The Hall–Kier alpha value is -2.49. The third-order valence-electron chi connectivity index (χ3n) is 3.77. The molecule has 3 rings (SSSR count). The van der Waals surface area contributed by atoms with E-state index in [0.29, 0.717) is 5.56 Å². The third-order valence-corrected chi connectivity index (χ3v) is 6.18. The number of ether oxygens (including phenoxy) is 1. The maximum atomic E-state index is 12.6. The Morgan fingerprint density at radius 3 is 2.62 bits per heavy atom. The van der Waals surface area contributed by atoms with Crippen LogP contribution in [0.15, 0.2) is 65.1 Å². The molecule has 1 aromatic carbocycles. The maximum Gasteiger partial charge on any atom is 0.337 e. The van der Waals surface area contributed by atoms with E-state index in [0.717, 1.165) is 4.88 Å². The molecule has 0 radical (unpaired) electrons. The molecule has 0 aliphatic rings. The number of carbonyl (C=O) groups is 1. The number of hydrogen-bond donors (Lipinski definition) is 1. The van der Waals surface area contributed by atoms with Crippen molar-refractivity contribution < 1.29 is 17.9 Å². The summed E-state index contributed by atoms with van der Waals surface area (Å²) in [7, 11) is -2.45. The molecule has 0 bridgehead atoms. The van der Waals surface area contributed by atoms with Crippen molar-refractivity contribution in [2.75, 3.05) is 13.7 Å². The fourth-order valence-electron chi connectivity index (χ4n) is 2.43. The Balaban J connectivity index is 1.77. The van der Waals surface area contributed by atoms with Gasteiger partial charge in [-0.3, -0.25) is 4.68 Å². The predicted molar refractivity (Wildman–Crippen MR) is 97.7 cm³/mol. The van der Waals surface area contributed by atoms with Crippen molar-refractivity contribution in [1.82, 2.24) is 14.5 Å². The lowest BCUT2D eigenvalue weighted by atomic mass is 10.2. The highest BCUT2D eigenvalue weighted by Crippen LogP contribution is 2.22. The number of benzene rings is 1. The summed E-state index contributed by atoms with van der Waals surface area (Å²) in [5.74, 6) is -0.515. The minimum atomic E-state index is -3.73. The number of methoxy groups -OCH3 is 1. The summed E-state index contributed by atoms with van der Waals surface area (Å²) in [6.45, 7) is 0.156. The molecule has 26 heavy (non-hydrogen) atoms. The van der Waals surface area contributed by atoms with Crippen LogP contribution in [0.4, 0.5) is 0 Å². The van der Waals surface area contributed by atoms with Gasteiger partial charge in [-0.05, 0) is 41.8 Å². The average molecular weight is 391 g/mol. The van der Waals surface area contributed by atoms with Gasteiger partial charge >= 0.3 is 5.97 Å². The van der Waals surface area contributed by atoms with E-state index in [2.05, 4.69) is 14.6 Å². The zero-order valence-corrected chi connectivity index (χ0v) is 15.5. The average Bonchev–Trinajstić information content (AvgIpc) is 3.36. The zero-order chi connectivity index (χ0) is 18.6. The second-order valence-corrected chi connectivity index (χ2v) is 8.13. The molecule has 0 fully saturated rings. The van der Waals surface area contributed by atoms with E-state index in [1.807, 2.05) is 17.5 Å². The molecule has 9 heteroatoms. The van der Waals surface area contributed by atoms with Crippen molar-refractivity contribution in [1.29, 1.82) is 0 Å². The molecule has 0 saturated heterocycles. The van der Waals surface area contributed by atoms with Crippen LogP contribution in [0.3, 0.4) is 0 Å². The van der Waals surface area contributed by atoms with Crippen LogP contribution in [0.2, 0.25) is 0 Å². The van der Waals surface area contributed by atoms with Gasteiger partial charge in [-0.2, -0.15) is 5.10 Å². The molecule has 7 nitrogen and oxygen atoms in total. The highest BCUT2D eigenvalue weighted by Gasteiger charge is 2.21.